The van der Waals surface area contributed by atoms with Crippen LogP contribution in [0.4, 0.5) is 17.2 Å². The molecule has 0 aliphatic carbocycles. The quantitative estimate of drug-likeness (QED) is 0.438. The molecule has 4 rings (SSSR count). The first-order valence-corrected chi connectivity index (χ1v) is 10.2. The van der Waals surface area contributed by atoms with Gasteiger partial charge in [0.05, 0.1) is 12.2 Å². The Labute approximate surface area is 185 Å². The summed E-state index contributed by atoms with van der Waals surface area (Å²) >= 11 is 0. The predicted octanol–water partition coefficient (Wildman–Crippen LogP) is 4.52. The molecule has 2 N–H and O–H groups in total. The van der Waals surface area contributed by atoms with Gasteiger partial charge in [-0.3, -0.25) is 4.79 Å². The molecule has 0 saturated carbocycles. The van der Waals surface area contributed by atoms with Crippen molar-refractivity contribution < 1.29 is 14.3 Å². The third kappa shape index (κ3) is 4.29. The van der Waals surface area contributed by atoms with E-state index in [1.54, 1.807) is 35.7 Å². The van der Waals surface area contributed by atoms with Crippen LogP contribution in [0, 0.1) is 13.8 Å². The van der Waals surface area contributed by atoms with Crippen LogP contribution in [0.2, 0.25) is 0 Å². The second-order valence-corrected chi connectivity index (χ2v) is 7.24. The molecule has 2 aromatic heterocycles. The first kappa shape index (κ1) is 21.0. The molecule has 32 heavy (non-hydrogen) atoms. The van der Waals surface area contributed by atoms with Crippen molar-refractivity contribution >= 4 is 34.7 Å². The normalized spacial score (nSPS) is 10.7. The Morgan fingerprint density at radius 3 is 2.41 bits per heavy atom. The molecule has 0 bridgehead atoms. The molecule has 0 aliphatic heterocycles. The van der Waals surface area contributed by atoms with E-state index in [0.29, 0.717) is 34.9 Å². The van der Waals surface area contributed by atoms with Crippen LogP contribution in [-0.4, -0.2) is 33.1 Å². The van der Waals surface area contributed by atoms with E-state index in [0.717, 1.165) is 17.1 Å². The molecule has 2 aromatic carbocycles. The number of benzene rings is 2. The van der Waals surface area contributed by atoms with Gasteiger partial charge >= 0.3 is 5.97 Å². The lowest BCUT2D eigenvalue weighted by Crippen LogP contribution is -2.14. The number of fused-ring (bicyclic) bond motifs is 1. The van der Waals surface area contributed by atoms with Gasteiger partial charge in [0, 0.05) is 22.8 Å². The maximum Gasteiger partial charge on any atom is 0.338 e. The SMILES string of the molecule is CCOC(=O)c1ccc(NC(=O)c2c(Nc3ccccc3)nn3c(C)cc(C)nc23)cc1. The van der Waals surface area contributed by atoms with Crippen LogP contribution in [0.3, 0.4) is 0 Å². The number of aromatic nitrogens is 3. The number of carbonyl (C=O) groups is 2. The van der Waals surface area contributed by atoms with Crippen molar-refractivity contribution in [3.8, 4) is 0 Å². The number of amides is 1. The Hall–Kier alpha value is -4.20. The van der Waals surface area contributed by atoms with E-state index in [-0.39, 0.29) is 5.91 Å². The number of hydrogen-bond acceptors (Lipinski definition) is 6. The van der Waals surface area contributed by atoms with Gasteiger partial charge < -0.3 is 15.4 Å². The van der Waals surface area contributed by atoms with Gasteiger partial charge in [0.2, 0.25) is 0 Å². The van der Waals surface area contributed by atoms with E-state index in [4.69, 9.17) is 4.74 Å². The van der Waals surface area contributed by atoms with Crippen molar-refractivity contribution in [3.05, 3.63) is 83.2 Å². The molecule has 8 nitrogen and oxygen atoms in total. The first-order chi connectivity index (χ1) is 15.5. The van der Waals surface area contributed by atoms with Crippen molar-refractivity contribution in [1.82, 2.24) is 14.6 Å². The third-order valence-electron chi connectivity index (χ3n) is 4.81. The van der Waals surface area contributed by atoms with Crippen LogP contribution in [0.1, 0.15) is 39.0 Å². The van der Waals surface area contributed by atoms with Gasteiger partial charge in [-0.15, -0.1) is 5.10 Å². The number of carbonyl (C=O) groups excluding carboxylic acids is 2. The summed E-state index contributed by atoms with van der Waals surface area (Å²) in [6.45, 7) is 5.84. The fraction of sp³-hybridized carbons (Fsp3) is 0.167. The second kappa shape index (κ2) is 8.89. The molecule has 1 amide bonds. The zero-order valence-corrected chi connectivity index (χ0v) is 18.0. The highest BCUT2D eigenvalue weighted by Gasteiger charge is 2.23. The van der Waals surface area contributed by atoms with Crippen molar-refractivity contribution in [2.75, 3.05) is 17.2 Å². The summed E-state index contributed by atoms with van der Waals surface area (Å²) in [6.07, 6.45) is 0. The van der Waals surface area contributed by atoms with E-state index in [1.807, 2.05) is 50.2 Å². The number of hydrogen-bond donors (Lipinski definition) is 2. The van der Waals surface area contributed by atoms with E-state index in [9.17, 15) is 9.59 Å². The summed E-state index contributed by atoms with van der Waals surface area (Å²) < 4.78 is 6.65. The molecule has 0 aliphatic rings. The molecule has 8 heteroatoms. The highest BCUT2D eigenvalue weighted by molar-refractivity contribution is 6.12. The summed E-state index contributed by atoms with van der Waals surface area (Å²) in [5, 5.41) is 10.7. The molecule has 0 spiro atoms. The van der Waals surface area contributed by atoms with Gasteiger partial charge in [-0.1, -0.05) is 18.2 Å². The largest absolute Gasteiger partial charge is 0.462 e. The monoisotopic (exact) mass is 429 g/mol. The molecular weight excluding hydrogens is 406 g/mol. The molecular formula is C24H23N5O3. The second-order valence-electron chi connectivity index (χ2n) is 7.24. The van der Waals surface area contributed by atoms with Gasteiger partial charge in [-0.05, 0) is 63.2 Å². The number of rotatable bonds is 6. The highest BCUT2D eigenvalue weighted by atomic mass is 16.5. The van der Waals surface area contributed by atoms with E-state index in [1.165, 1.54) is 0 Å². The van der Waals surface area contributed by atoms with Crippen LogP contribution in [0.15, 0.2) is 60.7 Å². The van der Waals surface area contributed by atoms with E-state index in [2.05, 4.69) is 20.7 Å². The van der Waals surface area contributed by atoms with Crippen LogP contribution in [0.5, 0.6) is 0 Å². The van der Waals surface area contributed by atoms with Crippen molar-refractivity contribution in [1.29, 1.82) is 0 Å². The summed E-state index contributed by atoms with van der Waals surface area (Å²) in [4.78, 5) is 29.7. The van der Waals surface area contributed by atoms with Crippen LogP contribution in [-0.2, 0) is 4.74 Å². The van der Waals surface area contributed by atoms with Gasteiger partial charge in [-0.2, -0.15) is 0 Å². The number of esters is 1. The van der Waals surface area contributed by atoms with E-state index < -0.39 is 5.97 Å². The topological polar surface area (TPSA) is 97.6 Å². The minimum absolute atomic E-state index is 0.301. The third-order valence-corrected chi connectivity index (χ3v) is 4.81. The standard InChI is InChI=1S/C24H23N5O3/c1-4-32-24(31)17-10-12-19(13-11-17)27-23(30)20-21(26-18-8-6-5-7-9-18)28-29-16(3)14-15(2)25-22(20)29/h5-14H,4H2,1-3H3,(H,26,28)(H,27,30). The molecule has 4 aromatic rings. The summed E-state index contributed by atoms with van der Waals surface area (Å²) in [5.74, 6) is -0.365. The van der Waals surface area contributed by atoms with Crippen LogP contribution in [0.25, 0.3) is 5.65 Å². The zero-order valence-electron chi connectivity index (χ0n) is 18.0. The molecule has 0 atom stereocenters. The Morgan fingerprint density at radius 2 is 1.72 bits per heavy atom. The zero-order chi connectivity index (χ0) is 22.7. The number of aryl methyl sites for hydroxylation is 2. The maximum absolute atomic E-state index is 13.3. The minimum atomic E-state index is -0.405. The fourth-order valence-corrected chi connectivity index (χ4v) is 3.37. The Balaban J connectivity index is 1.69. The summed E-state index contributed by atoms with van der Waals surface area (Å²) in [5.41, 5.74) is 4.20. The van der Waals surface area contributed by atoms with Crippen molar-refractivity contribution in [2.45, 2.75) is 20.8 Å². The van der Waals surface area contributed by atoms with Crippen molar-refractivity contribution in [2.24, 2.45) is 0 Å². The predicted molar refractivity (Wildman–Crippen MR) is 123 cm³/mol. The number of ether oxygens (including phenoxy) is 1. The molecule has 0 radical (unpaired) electrons. The number of para-hydroxylation sites is 1. The molecule has 0 fully saturated rings. The highest BCUT2D eigenvalue weighted by Crippen LogP contribution is 2.25. The lowest BCUT2D eigenvalue weighted by molar-refractivity contribution is 0.0526. The molecule has 0 unspecified atom stereocenters. The molecule has 0 saturated heterocycles. The van der Waals surface area contributed by atoms with Crippen LogP contribution < -0.4 is 10.6 Å². The number of nitrogens with one attached hydrogen (secondary N) is 2. The minimum Gasteiger partial charge on any atom is -0.462 e. The Kier molecular flexibility index (Phi) is 5.85. The average molecular weight is 429 g/mol. The summed E-state index contributed by atoms with van der Waals surface area (Å²) in [6, 6.07) is 17.9. The Bertz CT molecular complexity index is 1280. The number of nitrogens with zero attached hydrogens (tertiary/aromatic N) is 3. The molecule has 2 heterocycles. The van der Waals surface area contributed by atoms with Gasteiger partial charge in [0.25, 0.3) is 5.91 Å². The van der Waals surface area contributed by atoms with Gasteiger partial charge in [-0.25, -0.2) is 14.3 Å². The maximum atomic E-state index is 13.3. The number of anilines is 3. The van der Waals surface area contributed by atoms with Crippen molar-refractivity contribution in [3.63, 3.8) is 0 Å². The van der Waals surface area contributed by atoms with Crippen LogP contribution >= 0.6 is 0 Å². The van der Waals surface area contributed by atoms with E-state index >= 15 is 0 Å². The fourth-order valence-electron chi connectivity index (χ4n) is 3.37. The smallest absolute Gasteiger partial charge is 0.338 e. The van der Waals surface area contributed by atoms with Gasteiger partial charge in [0.1, 0.15) is 5.56 Å². The first-order valence-electron chi connectivity index (χ1n) is 10.2. The Morgan fingerprint density at radius 1 is 1.00 bits per heavy atom. The average Bonchev–Trinajstić information content (AvgIpc) is 3.13. The molecule has 162 valence electrons. The van der Waals surface area contributed by atoms with Gasteiger partial charge in [0.15, 0.2) is 11.5 Å². The lowest BCUT2D eigenvalue weighted by atomic mass is 10.2. The lowest BCUT2D eigenvalue weighted by Gasteiger charge is -2.08. The summed E-state index contributed by atoms with van der Waals surface area (Å²) in [7, 11) is 0.